The molecule has 22 heavy (non-hydrogen) atoms. The minimum Gasteiger partial charge on any atom is -0.491 e. The molecule has 2 N–H and O–H groups in total. The van der Waals surface area contributed by atoms with Crippen molar-refractivity contribution in [1.82, 2.24) is 5.32 Å². The molecule has 2 aromatic rings. The molecule has 0 spiro atoms. The van der Waals surface area contributed by atoms with Gasteiger partial charge in [0.05, 0.1) is 6.04 Å². The number of benzene rings is 2. The average Bonchev–Trinajstić information content (AvgIpc) is 2.57. The van der Waals surface area contributed by atoms with Gasteiger partial charge in [-0.3, -0.25) is 0 Å². The van der Waals surface area contributed by atoms with Gasteiger partial charge in [0.1, 0.15) is 25.1 Å². The maximum atomic E-state index is 11.8. The van der Waals surface area contributed by atoms with Crippen molar-refractivity contribution in [3.05, 3.63) is 65.7 Å². The van der Waals surface area contributed by atoms with E-state index in [9.17, 15) is 9.90 Å². The summed E-state index contributed by atoms with van der Waals surface area (Å²) in [4.78, 5) is 11.8. The fraction of sp³-hybridized carbons (Fsp3) is 0.235. The van der Waals surface area contributed by atoms with Gasteiger partial charge in [-0.1, -0.05) is 48.5 Å². The molecule has 114 valence electrons. The third-order valence-electron chi connectivity index (χ3n) is 3.55. The minimum absolute atomic E-state index is 0.187. The third-order valence-corrected chi connectivity index (χ3v) is 3.55. The summed E-state index contributed by atoms with van der Waals surface area (Å²) in [6, 6.07) is 16.1. The van der Waals surface area contributed by atoms with Crippen molar-refractivity contribution in [1.29, 1.82) is 0 Å². The molecule has 0 saturated heterocycles. The lowest BCUT2D eigenvalue weighted by Gasteiger charge is -2.30. The van der Waals surface area contributed by atoms with E-state index >= 15 is 0 Å². The van der Waals surface area contributed by atoms with Crippen molar-refractivity contribution in [2.24, 2.45) is 0 Å². The summed E-state index contributed by atoms with van der Waals surface area (Å²) < 4.78 is 10.7. The van der Waals surface area contributed by atoms with E-state index in [1.807, 2.05) is 42.5 Å². The zero-order valence-corrected chi connectivity index (χ0v) is 11.9. The topological polar surface area (TPSA) is 67.8 Å². The fourth-order valence-corrected chi connectivity index (χ4v) is 2.38. The first-order valence-electron chi connectivity index (χ1n) is 7.11. The van der Waals surface area contributed by atoms with Crippen LogP contribution in [0.15, 0.2) is 54.6 Å². The highest BCUT2D eigenvalue weighted by atomic mass is 16.5. The summed E-state index contributed by atoms with van der Waals surface area (Å²) in [6.45, 7) is 0.394. The van der Waals surface area contributed by atoms with Gasteiger partial charge < -0.3 is 19.9 Å². The zero-order valence-electron chi connectivity index (χ0n) is 11.9. The molecule has 1 amide bonds. The molecule has 0 aromatic heterocycles. The standard InChI is InChI=1S/C17H17NO4/c19-16-13-8-4-5-9-15(13)21-11-14(16)18-17(20)22-10-12-6-2-1-3-7-12/h1-9,14,16,19H,10-11H2,(H,18,20). The summed E-state index contributed by atoms with van der Waals surface area (Å²) in [5.41, 5.74) is 1.57. The number of carbonyl (C=O) groups is 1. The second kappa shape index (κ2) is 6.49. The van der Waals surface area contributed by atoms with Crippen LogP contribution in [0.4, 0.5) is 4.79 Å². The lowest BCUT2D eigenvalue weighted by molar-refractivity contribution is 0.0640. The van der Waals surface area contributed by atoms with Crippen LogP contribution in [0.25, 0.3) is 0 Å². The number of para-hydroxylation sites is 1. The SMILES string of the molecule is O=C(NC1COc2ccccc2C1O)OCc1ccccc1. The van der Waals surface area contributed by atoms with Crippen LogP contribution in [0.1, 0.15) is 17.2 Å². The number of nitrogens with one attached hydrogen (secondary N) is 1. The van der Waals surface area contributed by atoms with Crippen LogP contribution in [0, 0.1) is 0 Å². The third kappa shape index (κ3) is 3.20. The number of ether oxygens (including phenoxy) is 2. The van der Waals surface area contributed by atoms with Crippen LogP contribution in [-0.4, -0.2) is 23.8 Å². The summed E-state index contributed by atoms with van der Waals surface area (Å²) in [5, 5.41) is 12.9. The lowest BCUT2D eigenvalue weighted by atomic mass is 9.99. The van der Waals surface area contributed by atoms with Crippen LogP contribution in [-0.2, 0) is 11.3 Å². The Labute approximate surface area is 128 Å². The van der Waals surface area contributed by atoms with Crippen molar-refractivity contribution in [3.63, 3.8) is 0 Å². The summed E-state index contributed by atoms with van der Waals surface area (Å²) >= 11 is 0. The molecule has 0 bridgehead atoms. The molecular weight excluding hydrogens is 282 g/mol. The highest BCUT2D eigenvalue weighted by molar-refractivity contribution is 5.68. The van der Waals surface area contributed by atoms with E-state index in [1.54, 1.807) is 12.1 Å². The van der Waals surface area contributed by atoms with Crippen molar-refractivity contribution >= 4 is 6.09 Å². The molecule has 0 aliphatic carbocycles. The van der Waals surface area contributed by atoms with Gasteiger partial charge in [0.15, 0.2) is 0 Å². The molecule has 1 aliphatic heterocycles. The normalized spacial score (nSPS) is 19.7. The van der Waals surface area contributed by atoms with Crippen LogP contribution in [0.2, 0.25) is 0 Å². The maximum absolute atomic E-state index is 11.8. The number of fused-ring (bicyclic) bond motifs is 1. The maximum Gasteiger partial charge on any atom is 0.407 e. The fourth-order valence-electron chi connectivity index (χ4n) is 2.38. The van der Waals surface area contributed by atoms with E-state index in [1.165, 1.54) is 0 Å². The Bertz CT molecular complexity index is 644. The second-order valence-corrected chi connectivity index (χ2v) is 5.11. The Kier molecular flexibility index (Phi) is 4.25. The molecule has 0 saturated carbocycles. The number of hydrogen-bond donors (Lipinski definition) is 2. The monoisotopic (exact) mass is 299 g/mol. The Morgan fingerprint density at radius 1 is 1.18 bits per heavy atom. The van der Waals surface area contributed by atoms with Crippen LogP contribution in [0.3, 0.4) is 0 Å². The molecule has 2 aromatic carbocycles. The van der Waals surface area contributed by atoms with Gasteiger partial charge in [0.25, 0.3) is 0 Å². The van der Waals surface area contributed by atoms with Gasteiger partial charge in [-0.25, -0.2) is 4.79 Å². The van der Waals surface area contributed by atoms with E-state index in [-0.39, 0.29) is 13.2 Å². The number of carbonyl (C=O) groups excluding carboxylic acids is 1. The van der Waals surface area contributed by atoms with Crippen molar-refractivity contribution in [3.8, 4) is 5.75 Å². The number of alkyl carbamates (subject to hydrolysis) is 1. The number of aliphatic hydroxyl groups is 1. The minimum atomic E-state index is -0.811. The van der Waals surface area contributed by atoms with E-state index in [4.69, 9.17) is 9.47 Å². The molecule has 1 heterocycles. The van der Waals surface area contributed by atoms with Gasteiger partial charge >= 0.3 is 6.09 Å². The largest absolute Gasteiger partial charge is 0.491 e. The summed E-state index contributed by atoms with van der Waals surface area (Å²) in [6.07, 6.45) is -1.38. The first-order valence-corrected chi connectivity index (χ1v) is 7.11. The molecule has 3 rings (SSSR count). The lowest BCUT2D eigenvalue weighted by Crippen LogP contribution is -2.45. The quantitative estimate of drug-likeness (QED) is 0.913. The highest BCUT2D eigenvalue weighted by Gasteiger charge is 2.30. The first kappa shape index (κ1) is 14.4. The van der Waals surface area contributed by atoms with Crippen molar-refractivity contribution < 1.29 is 19.4 Å². The molecule has 0 fully saturated rings. The van der Waals surface area contributed by atoms with Crippen LogP contribution >= 0.6 is 0 Å². The average molecular weight is 299 g/mol. The smallest absolute Gasteiger partial charge is 0.407 e. The molecule has 1 aliphatic rings. The predicted octanol–water partition coefficient (Wildman–Crippen LogP) is 2.41. The Morgan fingerprint density at radius 2 is 1.91 bits per heavy atom. The molecule has 5 nitrogen and oxygen atoms in total. The second-order valence-electron chi connectivity index (χ2n) is 5.11. The molecule has 2 atom stereocenters. The van der Waals surface area contributed by atoms with Gasteiger partial charge in [0.2, 0.25) is 0 Å². The van der Waals surface area contributed by atoms with Crippen LogP contribution < -0.4 is 10.1 Å². The van der Waals surface area contributed by atoms with Crippen LogP contribution in [0.5, 0.6) is 5.75 Å². The molecular formula is C17H17NO4. The first-order chi connectivity index (χ1) is 10.7. The summed E-state index contributed by atoms with van der Waals surface area (Å²) in [7, 11) is 0. The number of rotatable bonds is 3. The van der Waals surface area contributed by atoms with Gasteiger partial charge in [0, 0.05) is 5.56 Å². The van der Waals surface area contributed by atoms with E-state index in [0.29, 0.717) is 11.3 Å². The predicted molar refractivity (Wildman–Crippen MR) is 80.4 cm³/mol. The van der Waals surface area contributed by atoms with Gasteiger partial charge in [-0.05, 0) is 11.6 Å². The molecule has 0 radical (unpaired) electrons. The Balaban J connectivity index is 1.56. The van der Waals surface area contributed by atoms with Gasteiger partial charge in [-0.15, -0.1) is 0 Å². The molecule has 2 unspecified atom stereocenters. The Hall–Kier alpha value is -2.53. The van der Waals surface area contributed by atoms with Crippen molar-refractivity contribution in [2.75, 3.05) is 6.61 Å². The Morgan fingerprint density at radius 3 is 2.73 bits per heavy atom. The number of aliphatic hydroxyl groups excluding tert-OH is 1. The van der Waals surface area contributed by atoms with Gasteiger partial charge in [-0.2, -0.15) is 0 Å². The van der Waals surface area contributed by atoms with E-state index in [0.717, 1.165) is 5.56 Å². The zero-order chi connectivity index (χ0) is 15.4. The number of hydrogen-bond acceptors (Lipinski definition) is 4. The highest BCUT2D eigenvalue weighted by Crippen LogP contribution is 2.31. The van der Waals surface area contributed by atoms with E-state index < -0.39 is 18.2 Å². The van der Waals surface area contributed by atoms with Crippen molar-refractivity contribution in [2.45, 2.75) is 18.8 Å². The van der Waals surface area contributed by atoms with E-state index in [2.05, 4.69) is 5.32 Å². The molecule has 5 heteroatoms. The summed E-state index contributed by atoms with van der Waals surface area (Å²) in [5.74, 6) is 0.644. The number of amides is 1.